The molecule has 0 aliphatic carbocycles. The number of hydrogen-bond acceptors (Lipinski definition) is 3. The topological polar surface area (TPSA) is 37.8 Å². The highest BCUT2D eigenvalue weighted by Crippen LogP contribution is 2.05. The van der Waals surface area contributed by atoms with E-state index >= 15 is 0 Å². The van der Waals surface area contributed by atoms with Crippen LogP contribution in [-0.2, 0) is 0 Å². The van der Waals surface area contributed by atoms with Crippen LogP contribution in [-0.4, -0.2) is 16.5 Å². The second-order valence-electron chi connectivity index (χ2n) is 3.15. The summed E-state index contributed by atoms with van der Waals surface area (Å²) in [6.45, 7) is 6.90. The van der Waals surface area contributed by atoms with Crippen LogP contribution in [0.3, 0.4) is 0 Å². The number of allylic oxidation sites excluding steroid dienone is 1. The molecular weight excluding hydrogens is 162 g/mol. The van der Waals surface area contributed by atoms with Crippen molar-refractivity contribution in [2.75, 3.05) is 11.9 Å². The van der Waals surface area contributed by atoms with E-state index in [1.54, 1.807) is 12.4 Å². The Morgan fingerprint density at radius 3 is 2.69 bits per heavy atom. The normalized spacial score (nSPS) is 9.46. The van der Waals surface area contributed by atoms with Gasteiger partial charge in [-0.3, -0.25) is 4.98 Å². The smallest absolute Gasteiger partial charge is 0.147 e. The summed E-state index contributed by atoms with van der Waals surface area (Å²) in [4.78, 5) is 8.30. The molecule has 1 aromatic rings. The SMILES string of the molecule is CC(C)=CCNc1nccnc1C. The summed E-state index contributed by atoms with van der Waals surface area (Å²) in [6, 6.07) is 0. The Morgan fingerprint density at radius 2 is 2.08 bits per heavy atom. The number of hydrogen-bond donors (Lipinski definition) is 1. The Bertz CT molecular complexity index is 301. The minimum absolute atomic E-state index is 0.807. The fraction of sp³-hybridized carbons (Fsp3) is 0.400. The first-order valence-corrected chi connectivity index (χ1v) is 4.35. The molecule has 0 aliphatic heterocycles. The summed E-state index contributed by atoms with van der Waals surface area (Å²) in [5.41, 5.74) is 2.23. The molecule has 70 valence electrons. The lowest BCUT2D eigenvalue weighted by Gasteiger charge is -2.04. The van der Waals surface area contributed by atoms with Gasteiger partial charge in [-0.2, -0.15) is 0 Å². The maximum absolute atomic E-state index is 4.17. The predicted octanol–water partition coefficient (Wildman–Crippen LogP) is 2.16. The minimum Gasteiger partial charge on any atom is -0.365 e. The minimum atomic E-state index is 0.807. The molecule has 0 bridgehead atoms. The number of nitrogens with zero attached hydrogens (tertiary/aromatic N) is 2. The fourth-order valence-electron chi connectivity index (χ4n) is 0.933. The standard InChI is InChI=1S/C10H15N3/c1-8(2)4-5-12-10-9(3)11-6-7-13-10/h4,6-7H,5H2,1-3H3,(H,12,13). The summed E-state index contributed by atoms with van der Waals surface area (Å²) in [5.74, 6) is 0.861. The van der Waals surface area contributed by atoms with Gasteiger partial charge in [0.05, 0.1) is 5.69 Å². The molecule has 0 spiro atoms. The Kier molecular flexibility index (Phi) is 3.43. The van der Waals surface area contributed by atoms with Crippen LogP contribution >= 0.6 is 0 Å². The highest BCUT2D eigenvalue weighted by atomic mass is 15.0. The van der Waals surface area contributed by atoms with E-state index in [9.17, 15) is 0 Å². The fourth-order valence-corrected chi connectivity index (χ4v) is 0.933. The van der Waals surface area contributed by atoms with Crippen LogP contribution in [0.1, 0.15) is 19.5 Å². The van der Waals surface area contributed by atoms with Crippen molar-refractivity contribution in [3.05, 3.63) is 29.7 Å². The van der Waals surface area contributed by atoms with Crippen molar-refractivity contribution in [3.63, 3.8) is 0 Å². The van der Waals surface area contributed by atoms with Crippen LogP contribution in [0.25, 0.3) is 0 Å². The third-order valence-electron chi connectivity index (χ3n) is 1.66. The molecule has 0 aromatic carbocycles. The molecule has 0 atom stereocenters. The van der Waals surface area contributed by atoms with Crippen molar-refractivity contribution >= 4 is 5.82 Å². The zero-order chi connectivity index (χ0) is 9.68. The van der Waals surface area contributed by atoms with Gasteiger partial charge in [0.1, 0.15) is 5.82 Å². The molecule has 1 N–H and O–H groups in total. The van der Waals surface area contributed by atoms with E-state index in [2.05, 4.69) is 35.2 Å². The quantitative estimate of drug-likeness (QED) is 0.719. The van der Waals surface area contributed by atoms with Crippen LogP contribution < -0.4 is 5.32 Å². The zero-order valence-electron chi connectivity index (χ0n) is 8.33. The molecule has 0 unspecified atom stereocenters. The summed E-state index contributed by atoms with van der Waals surface area (Å²) in [6.07, 6.45) is 5.51. The van der Waals surface area contributed by atoms with E-state index in [0.29, 0.717) is 0 Å². The van der Waals surface area contributed by atoms with Crippen molar-refractivity contribution in [2.45, 2.75) is 20.8 Å². The Balaban J connectivity index is 2.55. The zero-order valence-corrected chi connectivity index (χ0v) is 8.33. The van der Waals surface area contributed by atoms with Crippen molar-refractivity contribution in [3.8, 4) is 0 Å². The van der Waals surface area contributed by atoms with Gasteiger partial charge in [0.15, 0.2) is 0 Å². The number of nitrogens with one attached hydrogen (secondary N) is 1. The molecule has 0 amide bonds. The van der Waals surface area contributed by atoms with Gasteiger partial charge < -0.3 is 5.32 Å². The number of anilines is 1. The summed E-state index contributed by atoms with van der Waals surface area (Å²) in [7, 11) is 0. The van der Waals surface area contributed by atoms with Crippen LogP contribution in [0.5, 0.6) is 0 Å². The van der Waals surface area contributed by atoms with Gasteiger partial charge in [0.2, 0.25) is 0 Å². The summed E-state index contributed by atoms with van der Waals surface area (Å²) >= 11 is 0. The van der Waals surface area contributed by atoms with Gasteiger partial charge in [0.25, 0.3) is 0 Å². The van der Waals surface area contributed by atoms with Gasteiger partial charge in [-0.25, -0.2) is 4.98 Å². The Labute approximate surface area is 78.9 Å². The van der Waals surface area contributed by atoms with E-state index in [1.165, 1.54) is 5.57 Å². The Hall–Kier alpha value is -1.38. The summed E-state index contributed by atoms with van der Waals surface area (Å²) < 4.78 is 0. The van der Waals surface area contributed by atoms with Crippen LogP contribution in [0.15, 0.2) is 24.0 Å². The lowest BCUT2D eigenvalue weighted by molar-refractivity contribution is 1.09. The second-order valence-corrected chi connectivity index (χ2v) is 3.15. The number of rotatable bonds is 3. The van der Waals surface area contributed by atoms with Gasteiger partial charge in [-0.15, -0.1) is 0 Å². The highest BCUT2D eigenvalue weighted by molar-refractivity contribution is 5.38. The van der Waals surface area contributed by atoms with Crippen LogP contribution in [0.4, 0.5) is 5.82 Å². The van der Waals surface area contributed by atoms with Crippen molar-refractivity contribution in [2.24, 2.45) is 0 Å². The molecule has 0 saturated carbocycles. The first kappa shape index (κ1) is 9.71. The molecule has 13 heavy (non-hydrogen) atoms. The third kappa shape index (κ3) is 3.23. The van der Waals surface area contributed by atoms with Gasteiger partial charge >= 0.3 is 0 Å². The molecular formula is C10H15N3. The van der Waals surface area contributed by atoms with E-state index in [0.717, 1.165) is 18.1 Å². The maximum atomic E-state index is 4.17. The first-order valence-electron chi connectivity index (χ1n) is 4.35. The lowest BCUT2D eigenvalue weighted by atomic mass is 10.3. The monoisotopic (exact) mass is 177 g/mol. The van der Waals surface area contributed by atoms with Crippen molar-refractivity contribution < 1.29 is 0 Å². The number of aromatic nitrogens is 2. The van der Waals surface area contributed by atoms with Gasteiger partial charge in [0, 0.05) is 18.9 Å². The molecule has 3 heteroatoms. The van der Waals surface area contributed by atoms with Crippen LogP contribution in [0, 0.1) is 6.92 Å². The van der Waals surface area contributed by atoms with E-state index < -0.39 is 0 Å². The van der Waals surface area contributed by atoms with Crippen molar-refractivity contribution in [1.82, 2.24) is 9.97 Å². The van der Waals surface area contributed by atoms with Gasteiger partial charge in [-0.05, 0) is 20.8 Å². The molecule has 0 aliphatic rings. The maximum Gasteiger partial charge on any atom is 0.147 e. The molecule has 0 saturated heterocycles. The molecule has 1 rings (SSSR count). The lowest BCUT2D eigenvalue weighted by Crippen LogP contribution is -2.03. The van der Waals surface area contributed by atoms with E-state index in [4.69, 9.17) is 0 Å². The summed E-state index contributed by atoms with van der Waals surface area (Å²) in [5, 5.41) is 3.19. The first-order chi connectivity index (χ1) is 6.20. The molecule has 1 heterocycles. The van der Waals surface area contributed by atoms with Crippen molar-refractivity contribution in [1.29, 1.82) is 0 Å². The molecule has 3 nitrogen and oxygen atoms in total. The van der Waals surface area contributed by atoms with E-state index in [-0.39, 0.29) is 0 Å². The van der Waals surface area contributed by atoms with E-state index in [1.807, 2.05) is 6.92 Å². The Morgan fingerprint density at radius 1 is 1.38 bits per heavy atom. The highest BCUT2D eigenvalue weighted by Gasteiger charge is 1.95. The average molecular weight is 177 g/mol. The molecule has 0 radical (unpaired) electrons. The molecule has 0 fully saturated rings. The number of aryl methyl sites for hydroxylation is 1. The van der Waals surface area contributed by atoms with Crippen LogP contribution in [0.2, 0.25) is 0 Å². The predicted molar refractivity (Wildman–Crippen MR) is 54.7 cm³/mol. The molecule has 1 aromatic heterocycles. The second kappa shape index (κ2) is 4.60. The average Bonchev–Trinajstić information content (AvgIpc) is 2.08. The van der Waals surface area contributed by atoms with Gasteiger partial charge in [-0.1, -0.05) is 11.6 Å². The third-order valence-corrected chi connectivity index (χ3v) is 1.66. The largest absolute Gasteiger partial charge is 0.365 e.